The van der Waals surface area contributed by atoms with Crippen molar-refractivity contribution >= 4 is 5.97 Å². The second kappa shape index (κ2) is 5.29. The van der Waals surface area contributed by atoms with Crippen LogP contribution in [0.2, 0.25) is 0 Å². The van der Waals surface area contributed by atoms with Crippen molar-refractivity contribution in [3.63, 3.8) is 0 Å². The Balaban J connectivity index is 2.74. The van der Waals surface area contributed by atoms with Gasteiger partial charge < -0.3 is 15.6 Å². The maximum Gasteiger partial charge on any atom is 0.328 e. The molecule has 0 heterocycles. The molecule has 0 radical (unpaired) electrons. The zero-order chi connectivity index (χ0) is 13.1. The van der Waals surface area contributed by atoms with E-state index >= 15 is 0 Å². The Kier molecular flexibility index (Phi) is 4.26. The van der Waals surface area contributed by atoms with Crippen LogP contribution in [0.15, 0.2) is 24.3 Å². The summed E-state index contributed by atoms with van der Waals surface area (Å²) in [5.41, 5.74) is 6.72. The summed E-state index contributed by atoms with van der Waals surface area (Å²) in [6, 6.07) is 6.13. The van der Waals surface area contributed by atoms with Crippen LogP contribution in [0.4, 0.5) is 0 Å². The molecule has 1 aromatic rings. The van der Waals surface area contributed by atoms with E-state index in [1.807, 2.05) is 0 Å². The quantitative estimate of drug-likeness (QED) is 0.782. The molecule has 0 aromatic heterocycles. The lowest BCUT2D eigenvalue weighted by Crippen LogP contribution is -2.31. The molecule has 0 spiro atoms. The number of hydrogen-bond acceptors (Lipinski definition) is 4. The number of aliphatic hydroxyl groups excluding tert-OH is 1. The number of rotatable bonds is 3. The molecular formula is C13H19NO3. The standard InChI is InChI=1S/C13H19NO3/c1-13(2,3)17-12(16)11(14)10-6-4-9(8-15)5-7-10/h4-7,11,15H,8,14H2,1-3H3. The van der Waals surface area contributed by atoms with Gasteiger partial charge in [0.1, 0.15) is 11.6 Å². The van der Waals surface area contributed by atoms with E-state index in [1.54, 1.807) is 45.0 Å². The van der Waals surface area contributed by atoms with Gasteiger partial charge in [0.2, 0.25) is 0 Å². The fourth-order valence-electron chi connectivity index (χ4n) is 1.33. The Morgan fingerprint density at radius 2 is 1.88 bits per heavy atom. The summed E-state index contributed by atoms with van der Waals surface area (Å²) < 4.78 is 5.20. The first kappa shape index (κ1) is 13.7. The van der Waals surface area contributed by atoms with Crippen LogP contribution in [0.1, 0.15) is 37.9 Å². The molecule has 1 atom stereocenters. The van der Waals surface area contributed by atoms with Gasteiger partial charge in [-0.05, 0) is 31.9 Å². The summed E-state index contributed by atoms with van der Waals surface area (Å²) in [7, 11) is 0. The number of hydrogen-bond donors (Lipinski definition) is 2. The van der Waals surface area contributed by atoms with Crippen molar-refractivity contribution in [1.82, 2.24) is 0 Å². The molecule has 4 nitrogen and oxygen atoms in total. The molecule has 0 aliphatic rings. The van der Waals surface area contributed by atoms with Gasteiger partial charge in [-0.25, -0.2) is 4.79 Å². The van der Waals surface area contributed by atoms with E-state index < -0.39 is 17.6 Å². The third-order valence-electron chi connectivity index (χ3n) is 2.18. The predicted molar refractivity (Wildman–Crippen MR) is 65.1 cm³/mol. The third kappa shape index (κ3) is 4.17. The van der Waals surface area contributed by atoms with Crippen molar-refractivity contribution in [2.24, 2.45) is 5.73 Å². The van der Waals surface area contributed by atoms with Gasteiger partial charge in [-0.1, -0.05) is 24.3 Å². The highest BCUT2D eigenvalue weighted by Crippen LogP contribution is 2.17. The highest BCUT2D eigenvalue weighted by molar-refractivity contribution is 5.77. The van der Waals surface area contributed by atoms with Crippen LogP contribution in [0.5, 0.6) is 0 Å². The summed E-state index contributed by atoms with van der Waals surface area (Å²) in [5.74, 6) is -0.450. The van der Waals surface area contributed by atoms with Crippen LogP contribution in [0.3, 0.4) is 0 Å². The largest absolute Gasteiger partial charge is 0.459 e. The molecule has 0 aliphatic heterocycles. The molecule has 0 saturated carbocycles. The van der Waals surface area contributed by atoms with Gasteiger partial charge in [0.25, 0.3) is 0 Å². The van der Waals surface area contributed by atoms with E-state index in [0.717, 1.165) is 5.56 Å². The monoisotopic (exact) mass is 237 g/mol. The molecule has 17 heavy (non-hydrogen) atoms. The van der Waals surface area contributed by atoms with Crippen LogP contribution >= 0.6 is 0 Å². The Hall–Kier alpha value is -1.39. The Labute approximate surface area is 101 Å². The van der Waals surface area contributed by atoms with Gasteiger partial charge in [-0.2, -0.15) is 0 Å². The van der Waals surface area contributed by atoms with E-state index in [-0.39, 0.29) is 6.61 Å². The molecule has 1 rings (SSSR count). The fourth-order valence-corrected chi connectivity index (χ4v) is 1.33. The van der Waals surface area contributed by atoms with Crippen LogP contribution in [-0.2, 0) is 16.1 Å². The topological polar surface area (TPSA) is 72.5 Å². The van der Waals surface area contributed by atoms with Gasteiger partial charge in [0.05, 0.1) is 6.61 Å². The molecule has 0 bridgehead atoms. The number of nitrogens with two attached hydrogens (primary N) is 1. The fraction of sp³-hybridized carbons (Fsp3) is 0.462. The molecule has 1 unspecified atom stereocenters. The summed E-state index contributed by atoms with van der Waals surface area (Å²) in [6.45, 7) is 5.37. The van der Waals surface area contributed by atoms with Crippen LogP contribution in [0, 0.1) is 0 Å². The Bertz CT molecular complexity index is 379. The SMILES string of the molecule is CC(C)(C)OC(=O)C(N)c1ccc(CO)cc1. The predicted octanol–water partition coefficient (Wildman–Crippen LogP) is 1.52. The lowest BCUT2D eigenvalue weighted by atomic mass is 10.1. The average molecular weight is 237 g/mol. The molecular weight excluding hydrogens is 218 g/mol. The third-order valence-corrected chi connectivity index (χ3v) is 2.18. The summed E-state index contributed by atoms with van der Waals surface area (Å²) in [5, 5.41) is 8.91. The van der Waals surface area contributed by atoms with Crippen LogP contribution < -0.4 is 5.73 Å². The Morgan fingerprint density at radius 1 is 1.35 bits per heavy atom. The van der Waals surface area contributed by atoms with Gasteiger partial charge >= 0.3 is 5.97 Å². The smallest absolute Gasteiger partial charge is 0.328 e. The van der Waals surface area contributed by atoms with Crippen molar-refractivity contribution in [3.8, 4) is 0 Å². The number of carbonyl (C=O) groups is 1. The van der Waals surface area contributed by atoms with Crippen LogP contribution in [-0.4, -0.2) is 16.7 Å². The molecule has 0 fully saturated rings. The molecule has 1 aromatic carbocycles. The maximum atomic E-state index is 11.7. The molecule has 0 amide bonds. The minimum Gasteiger partial charge on any atom is -0.459 e. The first-order valence-corrected chi connectivity index (χ1v) is 5.51. The van der Waals surface area contributed by atoms with Crippen molar-refractivity contribution in [2.75, 3.05) is 0 Å². The molecule has 94 valence electrons. The first-order valence-electron chi connectivity index (χ1n) is 5.51. The van der Waals surface area contributed by atoms with E-state index in [2.05, 4.69) is 0 Å². The minimum atomic E-state index is -0.790. The Morgan fingerprint density at radius 3 is 2.29 bits per heavy atom. The minimum absolute atomic E-state index is 0.0258. The number of ether oxygens (including phenoxy) is 1. The normalized spacial score (nSPS) is 13.2. The number of carbonyl (C=O) groups excluding carboxylic acids is 1. The van der Waals surface area contributed by atoms with E-state index in [9.17, 15) is 4.79 Å². The lowest BCUT2D eigenvalue weighted by molar-refractivity contribution is -0.156. The second-order valence-corrected chi connectivity index (χ2v) is 4.91. The lowest BCUT2D eigenvalue weighted by Gasteiger charge is -2.22. The zero-order valence-corrected chi connectivity index (χ0v) is 10.4. The van der Waals surface area contributed by atoms with Gasteiger partial charge in [0, 0.05) is 0 Å². The summed E-state index contributed by atoms with van der Waals surface area (Å²) >= 11 is 0. The highest BCUT2D eigenvalue weighted by atomic mass is 16.6. The van der Waals surface area contributed by atoms with Crippen molar-refractivity contribution in [1.29, 1.82) is 0 Å². The van der Waals surface area contributed by atoms with E-state index in [0.29, 0.717) is 5.56 Å². The number of benzene rings is 1. The molecule has 4 heteroatoms. The summed E-state index contributed by atoms with van der Waals surface area (Å²) in [6.07, 6.45) is 0. The van der Waals surface area contributed by atoms with Gasteiger partial charge in [-0.15, -0.1) is 0 Å². The second-order valence-electron chi connectivity index (χ2n) is 4.91. The zero-order valence-electron chi connectivity index (χ0n) is 10.4. The van der Waals surface area contributed by atoms with Crippen molar-refractivity contribution in [2.45, 2.75) is 39.0 Å². The van der Waals surface area contributed by atoms with Gasteiger partial charge in [0.15, 0.2) is 0 Å². The maximum absolute atomic E-state index is 11.7. The first-order chi connectivity index (χ1) is 7.83. The molecule has 0 saturated heterocycles. The molecule has 0 aliphatic carbocycles. The highest BCUT2D eigenvalue weighted by Gasteiger charge is 2.23. The van der Waals surface area contributed by atoms with E-state index in [4.69, 9.17) is 15.6 Å². The summed E-state index contributed by atoms with van der Waals surface area (Å²) in [4.78, 5) is 11.7. The molecule has 3 N–H and O–H groups in total. The van der Waals surface area contributed by atoms with Gasteiger partial charge in [-0.3, -0.25) is 0 Å². The number of esters is 1. The number of aliphatic hydroxyl groups is 1. The van der Waals surface area contributed by atoms with Crippen LogP contribution in [0.25, 0.3) is 0 Å². The van der Waals surface area contributed by atoms with Crippen molar-refractivity contribution < 1.29 is 14.6 Å². The van der Waals surface area contributed by atoms with Crippen molar-refractivity contribution in [3.05, 3.63) is 35.4 Å². The average Bonchev–Trinajstić information content (AvgIpc) is 2.26. The van der Waals surface area contributed by atoms with E-state index in [1.165, 1.54) is 0 Å².